The van der Waals surface area contributed by atoms with E-state index in [1.165, 1.54) is 38.5 Å². The Hall–Kier alpha value is -0.300. The molecule has 1 aromatic carbocycles. The summed E-state index contributed by atoms with van der Waals surface area (Å²) >= 11 is 3.73. The van der Waals surface area contributed by atoms with Gasteiger partial charge in [-0.2, -0.15) is 0 Å². The van der Waals surface area contributed by atoms with E-state index in [2.05, 4.69) is 40.2 Å². The highest BCUT2D eigenvalue weighted by molar-refractivity contribution is 9.09. The largest absolute Gasteiger partial charge is 0.0890 e. The van der Waals surface area contributed by atoms with E-state index in [4.69, 9.17) is 0 Å². The molecular formula is C15H19Br. The normalized spacial score (nSPS) is 30.3. The van der Waals surface area contributed by atoms with Gasteiger partial charge in [-0.05, 0) is 55.1 Å². The number of hydrogen-bond acceptors (Lipinski definition) is 0. The number of alkyl halides is 1. The van der Waals surface area contributed by atoms with Gasteiger partial charge < -0.3 is 0 Å². The molecule has 2 fully saturated rings. The Labute approximate surface area is 107 Å². The number of hydrogen-bond donors (Lipinski definition) is 0. The second-order valence-electron chi connectivity index (χ2n) is 5.40. The molecule has 0 bridgehead atoms. The lowest BCUT2D eigenvalue weighted by Gasteiger charge is -2.26. The minimum atomic E-state index is 0.754. The van der Waals surface area contributed by atoms with E-state index >= 15 is 0 Å². The first-order valence-electron chi connectivity index (χ1n) is 6.57. The molecule has 2 aliphatic carbocycles. The maximum atomic E-state index is 3.73. The average Bonchev–Trinajstić information content (AvgIpc) is 2.63. The molecule has 86 valence electrons. The first-order valence-corrected chi connectivity index (χ1v) is 7.48. The monoisotopic (exact) mass is 278 g/mol. The molecule has 3 rings (SSSR count). The predicted octanol–water partition coefficient (Wildman–Crippen LogP) is 4.99. The van der Waals surface area contributed by atoms with Gasteiger partial charge in [-0.3, -0.25) is 0 Å². The molecule has 0 spiro atoms. The maximum Gasteiger partial charge on any atom is 0.0151 e. The molecule has 2 aliphatic rings. The molecule has 2 unspecified atom stereocenters. The van der Waals surface area contributed by atoms with E-state index in [1.807, 2.05) is 0 Å². The summed E-state index contributed by atoms with van der Waals surface area (Å²) in [4.78, 5) is 0.754. The lowest BCUT2D eigenvalue weighted by atomic mass is 9.79. The van der Waals surface area contributed by atoms with Crippen LogP contribution in [0, 0.1) is 0 Å². The van der Waals surface area contributed by atoms with Crippen molar-refractivity contribution in [2.75, 3.05) is 0 Å². The molecule has 2 saturated carbocycles. The van der Waals surface area contributed by atoms with E-state index in [-0.39, 0.29) is 0 Å². The van der Waals surface area contributed by atoms with E-state index in [9.17, 15) is 0 Å². The lowest BCUT2D eigenvalue weighted by Crippen LogP contribution is -2.08. The van der Waals surface area contributed by atoms with Crippen LogP contribution in [0.5, 0.6) is 0 Å². The Bertz CT molecular complexity index is 350. The molecular weight excluding hydrogens is 260 g/mol. The van der Waals surface area contributed by atoms with E-state index in [0.717, 1.165) is 16.7 Å². The molecule has 0 heterocycles. The van der Waals surface area contributed by atoms with Gasteiger partial charge in [-0.1, -0.05) is 46.6 Å². The minimum Gasteiger partial charge on any atom is -0.0890 e. The Morgan fingerprint density at radius 3 is 1.88 bits per heavy atom. The van der Waals surface area contributed by atoms with Crippen LogP contribution in [0.25, 0.3) is 0 Å². The van der Waals surface area contributed by atoms with Gasteiger partial charge in [-0.15, -0.1) is 0 Å². The maximum absolute atomic E-state index is 3.73. The fourth-order valence-corrected chi connectivity index (χ4v) is 3.73. The van der Waals surface area contributed by atoms with Gasteiger partial charge in [0.05, 0.1) is 0 Å². The third kappa shape index (κ3) is 2.07. The van der Waals surface area contributed by atoms with Crippen molar-refractivity contribution in [3.8, 4) is 0 Å². The van der Waals surface area contributed by atoms with Gasteiger partial charge >= 0.3 is 0 Å². The average molecular weight is 279 g/mol. The van der Waals surface area contributed by atoms with Gasteiger partial charge in [0.25, 0.3) is 0 Å². The Kier molecular flexibility index (Phi) is 3.06. The zero-order valence-electron chi connectivity index (χ0n) is 9.66. The van der Waals surface area contributed by atoms with Crippen molar-refractivity contribution in [2.24, 2.45) is 0 Å². The zero-order valence-corrected chi connectivity index (χ0v) is 11.2. The molecule has 0 aromatic heterocycles. The van der Waals surface area contributed by atoms with Crippen LogP contribution in [-0.4, -0.2) is 4.83 Å². The molecule has 0 radical (unpaired) electrons. The summed E-state index contributed by atoms with van der Waals surface area (Å²) in [7, 11) is 0. The molecule has 16 heavy (non-hydrogen) atoms. The lowest BCUT2D eigenvalue weighted by molar-refractivity contribution is 0.419. The number of benzene rings is 1. The topological polar surface area (TPSA) is 0 Å². The Morgan fingerprint density at radius 1 is 0.812 bits per heavy atom. The molecule has 0 aliphatic heterocycles. The third-order valence-corrected chi connectivity index (χ3v) is 5.18. The van der Waals surface area contributed by atoms with Crippen molar-refractivity contribution >= 4 is 15.9 Å². The summed E-state index contributed by atoms with van der Waals surface area (Å²) in [5.74, 6) is 1.68. The van der Waals surface area contributed by atoms with Crippen LogP contribution in [0.1, 0.15) is 61.5 Å². The fourth-order valence-electron chi connectivity index (χ4n) is 3.01. The van der Waals surface area contributed by atoms with Crippen LogP contribution in [0.15, 0.2) is 24.3 Å². The summed E-state index contributed by atoms with van der Waals surface area (Å²) in [6.07, 6.45) is 8.27. The number of halogens is 1. The van der Waals surface area contributed by atoms with E-state index in [1.54, 1.807) is 11.1 Å². The van der Waals surface area contributed by atoms with Gasteiger partial charge in [0.15, 0.2) is 0 Å². The highest BCUT2D eigenvalue weighted by Gasteiger charge is 2.24. The first kappa shape index (κ1) is 10.8. The summed E-state index contributed by atoms with van der Waals surface area (Å²) in [6.45, 7) is 0. The zero-order chi connectivity index (χ0) is 11.0. The van der Waals surface area contributed by atoms with Crippen molar-refractivity contribution < 1.29 is 0 Å². The van der Waals surface area contributed by atoms with Crippen molar-refractivity contribution in [2.45, 2.75) is 55.2 Å². The summed E-state index contributed by atoms with van der Waals surface area (Å²) < 4.78 is 0. The SMILES string of the molecule is BrC1CCC(c2ccc(C3CCC3)cc2)C1. The predicted molar refractivity (Wildman–Crippen MR) is 72.3 cm³/mol. The van der Waals surface area contributed by atoms with Gasteiger partial charge in [0.2, 0.25) is 0 Å². The van der Waals surface area contributed by atoms with Crippen LogP contribution in [0.4, 0.5) is 0 Å². The molecule has 1 heteroatoms. The van der Waals surface area contributed by atoms with Crippen LogP contribution in [0.3, 0.4) is 0 Å². The molecule has 0 N–H and O–H groups in total. The van der Waals surface area contributed by atoms with E-state index < -0.39 is 0 Å². The second-order valence-corrected chi connectivity index (χ2v) is 6.70. The highest BCUT2D eigenvalue weighted by atomic mass is 79.9. The third-order valence-electron chi connectivity index (χ3n) is 4.35. The molecule has 0 saturated heterocycles. The van der Waals surface area contributed by atoms with E-state index in [0.29, 0.717) is 0 Å². The van der Waals surface area contributed by atoms with Crippen molar-refractivity contribution in [1.82, 2.24) is 0 Å². The Balaban J connectivity index is 1.71. The number of rotatable bonds is 2. The first-order chi connectivity index (χ1) is 7.83. The molecule has 0 amide bonds. The molecule has 0 nitrogen and oxygen atoms in total. The Morgan fingerprint density at radius 2 is 1.44 bits per heavy atom. The van der Waals surface area contributed by atoms with Crippen LogP contribution >= 0.6 is 15.9 Å². The van der Waals surface area contributed by atoms with Gasteiger partial charge in [0.1, 0.15) is 0 Å². The van der Waals surface area contributed by atoms with Crippen molar-refractivity contribution in [3.05, 3.63) is 35.4 Å². The standard InChI is InChI=1S/C15H19Br/c16-15-9-8-14(10-15)13-6-4-12(5-7-13)11-2-1-3-11/h4-7,11,14-15H,1-3,8-10H2. The smallest absolute Gasteiger partial charge is 0.0151 e. The summed E-state index contributed by atoms with van der Waals surface area (Å²) in [6, 6.07) is 9.51. The highest BCUT2D eigenvalue weighted by Crippen LogP contribution is 2.40. The van der Waals surface area contributed by atoms with Crippen LogP contribution in [0.2, 0.25) is 0 Å². The minimum absolute atomic E-state index is 0.754. The molecule has 2 atom stereocenters. The van der Waals surface area contributed by atoms with Crippen molar-refractivity contribution in [3.63, 3.8) is 0 Å². The van der Waals surface area contributed by atoms with Gasteiger partial charge in [-0.25, -0.2) is 0 Å². The van der Waals surface area contributed by atoms with Crippen molar-refractivity contribution in [1.29, 1.82) is 0 Å². The molecule has 1 aromatic rings. The van der Waals surface area contributed by atoms with Crippen LogP contribution < -0.4 is 0 Å². The second kappa shape index (κ2) is 4.52. The summed E-state index contributed by atoms with van der Waals surface area (Å²) in [5, 5.41) is 0. The quantitative estimate of drug-likeness (QED) is 0.669. The van der Waals surface area contributed by atoms with Crippen LogP contribution in [-0.2, 0) is 0 Å². The summed E-state index contributed by atoms with van der Waals surface area (Å²) in [5.41, 5.74) is 3.13. The van der Waals surface area contributed by atoms with Gasteiger partial charge in [0, 0.05) is 4.83 Å². The fraction of sp³-hybridized carbons (Fsp3) is 0.600.